The molecule has 2 aliphatic heterocycles. The molecule has 0 radical (unpaired) electrons. The van der Waals surface area contributed by atoms with Crippen LogP contribution in [-0.4, -0.2) is 24.3 Å². The summed E-state index contributed by atoms with van der Waals surface area (Å²) >= 11 is 5.94. The first kappa shape index (κ1) is 22.5. The van der Waals surface area contributed by atoms with Crippen LogP contribution in [0.1, 0.15) is 39.9 Å². The van der Waals surface area contributed by atoms with Gasteiger partial charge >= 0.3 is 6.18 Å². The number of oxime groups is 1. The summed E-state index contributed by atoms with van der Waals surface area (Å²) in [7, 11) is 0. The van der Waals surface area contributed by atoms with Gasteiger partial charge in [-0.1, -0.05) is 59.2 Å². The van der Waals surface area contributed by atoms with Crippen molar-refractivity contribution in [3.05, 3.63) is 100 Å². The molecule has 4 nitrogen and oxygen atoms in total. The molecule has 8 heteroatoms. The van der Waals surface area contributed by atoms with Crippen molar-refractivity contribution < 1.29 is 22.8 Å². The van der Waals surface area contributed by atoms with E-state index in [1.165, 1.54) is 24.3 Å². The second-order valence-electron chi connectivity index (χ2n) is 8.41. The van der Waals surface area contributed by atoms with Gasteiger partial charge in [-0.3, -0.25) is 4.79 Å². The summed E-state index contributed by atoms with van der Waals surface area (Å²) < 4.78 is 42.4. The van der Waals surface area contributed by atoms with Crippen molar-refractivity contribution in [1.29, 1.82) is 0 Å². The number of para-hydroxylation sites is 1. The molecule has 0 fully saturated rings. The van der Waals surface area contributed by atoms with Crippen molar-refractivity contribution in [3.8, 4) is 0 Å². The van der Waals surface area contributed by atoms with E-state index in [4.69, 9.17) is 16.4 Å². The summed E-state index contributed by atoms with van der Waals surface area (Å²) in [5.74, 6) is -0.146. The van der Waals surface area contributed by atoms with Gasteiger partial charge in [0.2, 0.25) is 0 Å². The molecule has 0 N–H and O–H groups in total. The van der Waals surface area contributed by atoms with Crippen LogP contribution in [0.25, 0.3) is 0 Å². The number of carbonyl (C=O) groups excluding carboxylic acids is 1. The molecule has 1 atom stereocenters. The quantitative estimate of drug-likeness (QED) is 0.425. The largest absolute Gasteiger partial charge is 0.435 e. The number of halogens is 4. The van der Waals surface area contributed by atoms with Crippen LogP contribution in [0, 0.1) is 0 Å². The average molecular weight is 485 g/mol. The first-order valence-corrected chi connectivity index (χ1v) is 11.2. The van der Waals surface area contributed by atoms with E-state index in [1.807, 2.05) is 24.3 Å². The van der Waals surface area contributed by atoms with Crippen molar-refractivity contribution in [3.63, 3.8) is 0 Å². The van der Waals surface area contributed by atoms with Gasteiger partial charge in [0.05, 0.1) is 5.71 Å². The minimum atomic E-state index is -4.71. The van der Waals surface area contributed by atoms with Crippen LogP contribution in [0.2, 0.25) is 5.02 Å². The van der Waals surface area contributed by atoms with Crippen LogP contribution in [0.15, 0.2) is 78.0 Å². The Morgan fingerprint density at radius 2 is 1.79 bits per heavy atom. The van der Waals surface area contributed by atoms with Crippen LogP contribution < -0.4 is 4.90 Å². The van der Waals surface area contributed by atoms with E-state index < -0.39 is 18.2 Å². The van der Waals surface area contributed by atoms with Gasteiger partial charge in [-0.25, -0.2) is 0 Å². The van der Waals surface area contributed by atoms with Gasteiger partial charge in [0, 0.05) is 34.8 Å². The lowest BCUT2D eigenvalue weighted by atomic mass is 9.86. The van der Waals surface area contributed by atoms with Crippen molar-refractivity contribution >= 4 is 28.9 Å². The number of rotatable bonds is 3. The SMILES string of the molecule is O=C(c1ccc(C2=NOC(c3cccc(Cl)c3)(C(F)(F)F)C2)cc1)N1CCCc2ccccc21. The summed E-state index contributed by atoms with van der Waals surface area (Å²) in [5, 5.41) is 3.97. The van der Waals surface area contributed by atoms with Gasteiger partial charge in [-0.2, -0.15) is 13.2 Å². The summed E-state index contributed by atoms with van der Waals surface area (Å²) in [6, 6.07) is 19.8. The van der Waals surface area contributed by atoms with Gasteiger partial charge in [0.25, 0.3) is 11.5 Å². The van der Waals surface area contributed by atoms with Gasteiger partial charge < -0.3 is 9.74 Å². The van der Waals surface area contributed by atoms with E-state index >= 15 is 0 Å². The highest BCUT2D eigenvalue weighted by molar-refractivity contribution is 6.30. The van der Waals surface area contributed by atoms with Gasteiger partial charge in [0.15, 0.2) is 0 Å². The van der Waals surface area contributed by atoms with E-state index in [9.17, 15) is 18.0 Å². The predicted molar refractivity (Wildman–Crippen MR) is 124 cm³/mol. The number of alkyl halides is 3. The maximum Gasteiger partial charge on any atom is 0.435 e. The molecule has 0 saturated heterocycles. The lowest BCUT2D eigenvalue weighted by molar-refractivity contribution is -0.275. The standard InChI is InChI=1S/C26H20ClF3N2O2/c27-21-8-3-7-20(15-21)25(26(28,29)30)16-22(31-34-25)17-10-12-19(13-11-17)24(33)32-14-4-6-18-5-1-2-9-23(18)32/h1-3,5,7-13,15H,4,6,14,16H2. The van der Waals surface area contributed by atoms with Crippen molar-refractivity contribution in [2.45, 2.75) is 31.0 Å². The third-order valence-corrected chi connectivity index (χ3v) is 6.53. The van der Waals surface area contributed by atoms with E-state index in [0.717, 1.165) is 24.1 Å². The molecule has 34 heavy (non-hydrogen) atoms. The van der Waals surface area contributed by atoms with E-state index in [0.29, 0.717) is 17.7 Å². The highest BCUT2D eigenvalue weighted by Crippen LogP contribution is 2.49. The highest BCUT2D eigenvalue weighted by Gasteiger charge is 2.62. The van der Waals surface area contributed by atoms with Crippen LogP contribution in [0.3, 0.4) is 0 Å². The Kier molecular flexibility index (Phi) is 5.60. The maximum atomic E-state index is 14.1. The molecule has 2 aliphatic rings. The molecule has 1 unspecified atom stereocenters. The van der Waals surface area contributed by atoms with Crippen LogP contribution in [-0.2, 0) is 16.9 Å². The van der Waals surface area contributed by atoms with E-state index in [-0.39, 0.29) is 22.2 Å². The van der Waals surface area contributed by atoms with Crippen LogP contribution in [0.5, 0.6) is 0 Å². The molecular formula is C26H20ClF3N2O2. The number of hydrogen-bond donors (Lipinski definition) is 0. The minimum Gasteiger partial charge on any atom is -0.374 e. The van der Waals surface area contributed by atoms with Gasteiger partial charge in [-0.15, -0.1) is 0 Å². The van der Waals surface area contributed by atoms with Crippen LogP contribution >= 0.6 is 11.6 Å². The first-order valence-electron chi connectivity index (χ1n) is 10.9. The number of nitrogens with zero attached hydrogens (tertiary/aromatic N) is 2. The predicted octanol–water partition coefficient (Wildman–Crippen LogP) is 6.52. The summed E-state index contributed by atoms with van der Waals surface area (Å²) in [6.07, 6.45) is -3.41. The zero-order chi connectivity index (χ0) is 23.9. The average Bonchev–Trinajstić information content (AvgIpc) is 3.31. The lowest BCUT2D eigenvalue weighted by Crippen LogP contribution is -2.42. The molecule has 5 rings (SSSR count). The third kappa shape index (κ3) is 3.84. The van der Waals surface area contributed by atoms with Crippen molar-refractivity contribution in [2.75, 3.05) is 11.4 Å². The molecule has 0 bridgehead atoms. The van der Waals surface area contributed by atoms with Gasteiger partial charge in [0.1, 0.15) is 0 Å². The van der Waals surface area contributed by atoms with E-state index in [2.05, 4.69) is 5.16 Å². The Morgan fingerprint density at radius 3 is 2.53 bits per heavy atom. The zero-order valence-electron chi connectivity index (χ0n) is 18.0. The Bertz CT molecular complexity index is 1270. The fourth-order valence-electron chi connectivity index (χ4n) is 4.50. The number of amides is 1. The fraction of sp³-hybridized carbons (Fsp3) is 0.231. The fourth-order valence-corrected chi connectivity index (χ4v) is 4.69. The molecular weight excluding hydrogens is 465 g/mol. The summed E-state index contributed by atoms with van der Waals surface area (Å²) in [6.45, 7) is 0.617. The topological polar surface area (TPSA) is 41.9 Å². The Hall–Kier alpha value is -3.32. The molecule has 0 aromatic heterocycles. The second-order valence-corrected chi connectivity index (χ2v) is 8.84. The first-order chi connectivity index (χ1) is 16.3. The monoisotopic (exact) mass is 484 g/mol. The molecule has 3 aromatic carbocycles. The molecule has 3 aromatic rings. The van der Waals surface area contributed by atoms with Gasteiger partial charge in [-0.05, 0) is 54.3 Å². The maximum absolute atomic E-state index is 14.1. The molecule has 0 saturated carbocycles. The van der Waals surface area contributed by atoms with Crippen LogP contribution in [0.4, 0.5) is 18.9 Å². The number of benzene rings is 3. The molecule has 1 amide bonds. The Balaban J connectivity index is 1.39. The number of carbonyl (C=O) groups is 1. The molecule has 0 aliphatic carbocycles. The van der Waals surface area contributed by atoms with Crippen molar-refractivity contribution in [2.24, 2.45) is 5.16 Å². The second kappa shape index (κ2) is 8.47. The van der Waals surface area contributed by atoms with E-state index in [1.54, 1.807) is 29.2 Å². The van der Waals surface area contributed by atoms with Crippen molar-refractivity contribution in [1.82, 2.24) is 0 Å². The normalized spacial score (nSPS) is 19.9. The summed E-state index contributed by atoms with van der Waals surface area (Å²) in [5.41, 5.74) is 0.370. The molecule has 174 valence electrons. The third-order valence-electron chi connectivity index (χ3n) is 6.30. The summed E-state index contributed by atoms with van der Waals surface area (Å²) in [4.78, 5) is 20.0. The number of hydrogen-bond acceptors (Lipinski definition) is 3. The molecule has 0 spiro atoms. The Morgan fingerprint density at radius 1 is 1.03 bits per heavy atom. The number of aryl methyl sites for hydroxylation is 1. The minimum absolute atomic E-state index is 0.109. The Labute approximate surface area is 199 Å². The number of anilines is 1. The highest BCUT2D eigenvalue weighted by atomic mass is 35.5. The zero-order valence-corrected chi connectivity index (χ0v) is 18.7. The smallest absolute Gasteiger partial charge is 0.374 e. The number of fused-ring (bicyclic) bond motifs is 1. The lowest BCUT2D eigenvalue weighted by Gasteiger charge is -2.29. The molecule has 2 heterocycles.